The Hall–Kier alpha value is -3.98. The van der Waals surface area contributed by atoms with Crippen LogP contribution in [0.4, 0.5) is 10.1 Å². The molecule has 1 N–H and O–H groups in total. The van der Waals surface area contributed by atoms with E-state index < -0.39 is 0 Å². The van der Waals surface area contributed by atoms with E-state index in [2.05, 4.69) is 0 Å². The first-order chi connectivity index (χ1) is 16.5. The molecule has 0 saturated carbocycles. The average molecular weight is 479 g/mol. The van der Waals surface area contributed by atoms with Crippen LogP contribution in [0.5, 0.6) is 23.0 Å². The number of carbonyl (C=O) groups excluding carboxylic acids is 1. The van der Waals surface area contributed by atoms with Gasteiger partial charge in [0, 0.05) is 6.07 Å². The lowest BCUT2D eigenvalue weighted by atomic mass is 10.1. The Balaban J connectivity index is 1.34. The molecular weight excluding hydrogens is 459 g/mol. The fraction of sp³-hybridized carbons (Fsp3) is 0.120. The van der Waals surface area contributed by atoms with Gasteiger partial charge in [-0.15, -0.1) is 0 Å². The number of halogens is 1. The van der Waals surface area contributed by atoms with Gasteiger partial charge in [-0.3, -0.25) is 15.1 Å². The van der Waals surface area contributed by atoms with Gasteiger partial charge in [0.25, 0.3) is 5.91 Å². The third-order valence-electron chi connectivity index (χ3n) is 5.23. The number of nitrogens with zero attached hydrogens (tertiary/aromatic N) is 1. The van der Waals surface area contributed by atoms with Crippen molar-refractivity contribution in [2.45, 2.75) is 6.61 Å². The number of nitrogens with one attached hydrogen (secondary N) is 1. The predicted molar refractivity (Wildman–Crippen MR) is 127 cm³/mol. The number of ether oxygens (including phenoxy) is 4. The van der Waals surface area contributed by atoms with Gasteiger partial charge in [0.15, 0.2) is 28.2 Å². The van der Waals surface area contributed by atoms with Crippen molar-refractivity contribution in [2.75, 3.05) is 18.8 Å². The van der Waals surface area contributed by atoms with Gasteiger partial charge < -0.3 is 18.9 Å². The maximum absolute atomic E-state index is 13.1. The number of rotatable bonds is 6. The summed E-state index contributed by atoms with van der Waals surface area (Å²) in [5.74, 6) is 1.57. The van der Waals surface area contributed by atoms with Gasteiger partial charge in [-0.2, -0.15) is 0 Å². The van der Waals surface area contributed by atoms with Gasteiger partial charge in [-0.05, 0) is 65.4 Å². The molecule has 0 bridgehead atoms. The summed E-state index contributed by atoms with van der Waals surface area (Å²) in [7, 11) is 1.53. The van der Waals surface area contributed by atoms with Crippen molar-refractivity contribution >= 4 is 34.6 Å². The molecule has 9 heteroatoms. The molecule has 0 radical (unpaired) electrons. The van der Waals surface area contributed by atoms with E-state index in [4.69, 9.17) is 24.4 Å². The lowest BCUT2D eigenvalue weighted by Crippen LogP contribution is -2.28. The molecule has 2 aliphatic rings. The highest BCUT2D eigenvalue weighted by molar-refractivity contribution is 8.19. The maximum Gasteiger partial charge on any atom is 0.271 e. The van der Waals surface area contributed by atoms with Crippen molar-refractivity contribution in [3.8, 4) is 23.0 Å². The van der Waals surface area contributed by atoms with Crippen LogP contribution in [0.15, 0.2) is 65.6 Å². The fourth-order valence-corrected chi connectivity index (χ4v) is 4.39. The molecule has 2 heterocycles. The largest absolute Gasteiger partial charge is 0.493 e. The van der Waals surface area contributed by atoms with Crippen LogP contribution in [0.1, 0.15) is 11.1 Å². The number of methoxy groups -OCH3 is 1. The fourth-order valence-electron chi connectivity index (χ4n) is 3.53. The van der Waals surface area contributed by atoms with E-state index in [9.17, 15) is 9.18 Å². The number of hydrogen-bond donors (Lipinski definition) is 1. The van der Waals surface area contributed by atoms with Crippen LogP contribution < -0.4 is 23.8 Å². The van der Waals surface area contributed by atoms with Crippen molar-refractivity contribution in [2.24, 2.45) is 0 Å². The molecule has 2 aliphatic heterocycles. The second-order valence-corrected chi connectivity index (χ2v) is 8.45. The molecule has 0 aliphatic carbocycles. The lowest BCUT2D eigenvalue weighted by molar-refractivity contribution is -0.113. The smallest absolute Gasteiger partial charge is 0.271 e. The van der Waals surface area contributed by atoms with E-state index in [1.54, 1.807) is 54.6 Å². The quantitative estimate of drug-likeness (QED) is 0.491. The molecule has 3 aromatic rings. The molecule has 0 unspecified atom stereocenters. The van der Waals surface area contributed by atoms with Crippen molar-refractivity contribution in [3.63, 3.8) is 0 Å². The molecule has 1 amide bonds. The number of hydrogen-bond acceptors (Lipinski definition) is 7. The number of carbonyl (C=O) groups is 1. The Bertz CT molecular complexity index is 1310. The highest BCUT2D eigenvalue weighted by Crippen LogP contribution is 2.40. The van der Waals surface area contributed by atoms with Crippen molar-refractivity contribution in [3.05, 3.63) is 82.5 Å². The van der Waals surface area contributed by atoms with E-state index in [-0.39, 0.29) is 30.3 Å². The highest BCUT2D eigenvalue weighted by atomic mass is 32.2. The number of fused-ring (bicyclic) bond motifs is 1. The molecule has 0 spiro atoms. The van der Waals surface area contributed by atoms with Gasteiger partial charge in [0.1, 0.15) is 12.4 Å². The summed E-state index contributed by atoms with van der Waals surface area (Å²) < 4.78 is 35.1. The lowest BCUT2D eigenvalue weighted by Gasteiger charge is -2.14. The summed E-state index contributed by atoms with van der Waals surface area (Å²) in [6, 6.07) is 16.5. The highest BCUT2D eigenvalue weighted by Gasteiger charge is 2.34. The predicted octanol–water partition coefficient (Wildman–Crippen LogP) is 5.20. The first-order valence-corrected chi connectivity index (χ1v) is 11.1. The van der Waals surface area contributed by atoms with Crippen LogP contribution in [0.3, 0.4) is 0 Å². The molecule has 3 aromatic carbocycles. The van der Waals surface area contributed by atoms with Gasteiger partial charge >= 0.3 is 0 Å². The molecule has 5 rings (SSSR count). The van der Waals surface area contributed by atoms with Crippen LogP contribution in [0.25, 0.3) is 6.08 Å². The minimum absolute atomic E-state index is 0.0985. The third kappa shape index (κ3) is 4.29. The number of benzene rings is 3. The monoisotopic (exact) mass is 478 g/mol. The minimum Gasteiger partial charge on any atom is -0.493 e. The first-order valence-electron chi connectivity index (χ1n) is 10.3. The van der Waals surface area contributed by atoms with E-state index in [0.717, 1.165) is 22.9 Å². The normalized spacial score (nSPS) is 15.8. The SMILES string of the molecule is COc1cc(/C=C2/SC(=N)N(c3ccc4c(c3)OCO4)C2=O)ccc1OCc1ccc(F)cc1. The van der Waals surface area contributed by atoms with Crippen molar-refractivity contribution < 1.29 is 28.1 Å². The zero-order valence-electron chi connectivity index (χ0n) is 18.0. The summed E-state index contributed by atoms with van der Waals surface area (Å²) in [5, 5.41) is 8.41. The molecular formula is C25H19FN2O5S. The molecule has 0 aromatic heterocycles. The molecule has 0 atom stereocenters. The van der Waals surface area contributed by atoms with Crippen molar-refractivity contribution in [1.29, 1.82) is 5.41 Å². The number of anilines is 1. The van der Waals surface area contributed by atoms with Gasteiger partial charge in [0.2, 0.25) is 6.79 Å². The summed E-state index contributed by atoms with van der Waals surface area (Å²) in [6.07, 6.45) is 1.71. The topological polar surface area (TPSA) is 81.1 Å². The number of thioether (sulfide) groups is 1. The van der Waals surface area contributed by atoms with Gasteiger partial charge in [-0.25, -0.2) is 4.39 Å². The van der Waals surface area contributed by atoms with Crippen LogP contribution >= 0.6 is 11.8 Å². The van der Waals surface area contributed by atoms with Crippen LogP contribution in [-0.4, -0.2) is 25.0 Å². The van der Waals surface area contributed by atoms with E-state index in [0.29, 0.717) is 33.6 Å². The summed E-state index contributed by atoms with van der Waals surface area (Å²) in [4.78, 5) is 14.8. The van der Waals surface area contributed by atoms with E-state index in [1.165, 1.54) is 24.1 Å². The van der Waals surface area contributed by atoms with E-state index in [1.807, 2.05) is 0 Å². The molecule has 172 valence electrons. The second kappa shape index (κ2) is 9.11. The first kappa shape index (κ1) is 21.8. The average Bonchev–Trinajstić information content (AvgIpc) is 3.42. The Labute approximate surface area is 199 Å². The molecule has 34 heavy (non-hydrogen) atoms. The van der Waals surface area contributed by atoms with E-state index >= 15 is 0 Å². The van der Waals surface area contributed by atoms with Gasteiger partial charge in [0.05, 0.1) is 17.7 Å². The summed E-state index contributed by atoms with van der Waals surface area (Å²) in [6.45, 7) is 0.391. The molecule has 7 nitrogen and oxygen atoms in total. The van der Waals surface area contributed by atoms with Crippen LogP contribution in [-0.2, 0) is 11.4 Å². The molecule has 1 fully saturated rings. The van der Waals surface area contributed by atoms with Crippen LogP contribution in [0.2, 0.25) is 0 Å². The van der Waals surface area contributed by atoms with Gasteiger partial charge in [-0.1, -0.05) is 18.2 Å². The minimum atomic E-state index is -0.303. The number of amidine groups is 1. The zero-order chi connectivity index (χ0) is 23.7. The summed E-state index contributed by atoms with van der Waals surface area (Å²) >= 11 is 1.08. The number of amides is 1. The van der Waals surface area contributed by atoms with Crippen LogP contribution in [0, 0.1) is 11.2 Å². The molecule has 1 saturated heterocycles. The maximum atomic E-state index is 13.1. The second-order valence-electron chi connectivity index (χ2n) is 7.42. The zero-order valence-corrected chi connectivity index (χ0v) is 18.9. The van der Waals surface area contributed by atoms with Crippen molar-refractivity contribution in [1.82, 2.24) is 0 Å². The standard InChI is InChI=1S/C25H19FN2O5S/c1-30-21-10-16(4-8-19(21)31-13-15-2-5-17(26)6-3-15)11-23-24(29)28(25(27)34-23)18-7-9-20-22(12-18)33-14-32-20/h2-12,27H,13-14H2,1H3/b23-11+,27-25?. The Morgan fingerprint density at radius 3 is 2.65 bits per heavy atom. The Morgan fingerprint density at radius 1 is 1.06 bits per heavy atom. The Kier molecular flexibility index (Phi) is 5.85. The summed E-state index contributed by atoms with van der Waals surface area (Å²) in [5.41, 5.74) is 2.09. The third-order valence-corrected chi connectivity index (χ3v) is 6.12. The Morgan fingerprint density at radius 2 is 1.85 bits per heavy atom.